The lowest BCUT2D eigenvalue weighted by atomic mass is 9.99. The monoisotopic (exact) mass is 512 g/mol. The molecule has 0 atom stereocenters. The summed E-state index contributed by atoms with van der Waals surface area (Å²) in [5, 5.41) is 0.745. The van der Waals surface area contributed by atoms with E-state index in [1.807, 2.05) is 0 Å². The molecule has 192 valence electrons. The van der Waals surface area contributed by atoms with Crippen molar-refractivity contribution in [2.75, 3.05) is 49.6 Å². The molecule has 3 aliphatic rings. The normalized spacial score (nSPS) is 18.6. The number of fused-ring (bicyclic) bond motifs is 1. The summed E-state index contributed by atoms with van der Waals surface area (Å²) in [7, 11) is 2.20. The highest BCUT2D eigenvalue weighted by Crippen LogP contribution is 2.46. The Labute approximate surface area is 227 Å². The zero-order valence-electron chi connectivity index (χ0n) is 22.1. The van der Waals surface area contributed by atoms with Gasteiger partial charge in [0.1, 0.15) is 5.82 Å². The van der Waals surface area contributed by atoms with Crippen molar-refractivity contribution in [3.8, 4) is 0 Å². The molecule has 0 radical (unpaired) electrons. The summed E-state index contributed by atoms with van der Waals surface area (Å²) in [6, 6.07) is 12.9. The van der Waals surface area contributed by atoms with Crippen LogP contribution in [-0.2, 0) is 6.54 Å². The molecule has 2 aromatic rings. The first-order valence-corrected chi connectivity index (χ1v) is 13.6. The lowest BCUT2D eigenvalue weighted by molar-refractivity contribution is 0.360. The highest BCUT2D eigenvalue weighted by Gasteiger charge is 2.33. The van der Waals surface area contributed by atoms with E-state index in [0.29, 0.717) is 6.54 Å². The zero-order valence-corrected chi connectivity index (χ0v) is 22.8. The lowest BCUT2D eigenvalue weighted by Gasteiger charge is -2.44. The van der Waals surface area contributed by atoms with E-state index in [0.717, 1.165) is 73.4 Å². The van der Waals surface area contributed by atoms with Gasteiger partial charge in [-0.1, -0.05) is 85.0 Å². The molecule has 0 saturated carbocycles. The minimum atomic E-state index is 0.715. The van der Waals surface area contributed by atoms with E-state index in [1.54, 1.807) is 0 Å². The molecule has 1 saturated heterocycles. The molecule has 1 aliphatic carbocycles. The molecule has 1 fully saturated rings. The van der Waals surface area contributed by atoms with Gasteiger partial charge in [0.2, 0.25) is 0 Å². The highest BCUT2D eigenvalue weighted by molar-refractivity contribution is 6.31. The van der Waals surface area contributed by atoms with Crippen LogP contribution in [0.25, 0.3) is 5.70 Å². The maximum absolute atomic E-state index is 6.81. The summed E-state index contributed by atoms with van der Waals surface area (Å²) in [5.74, 6) is 0.922. The van der Waals surface area contributed by atoms with E-state index in [1.165, 1.54) is 22.4 Å². The molecule has 0 amide bonds. The van der Waals surface area contributed by atoms with Gasteiger partial charge in [-0.05, 0) is 56.6 Å². The van der Waals surface area contributed by atoms with E-state index in [2.05, 4.69) is 114 Å². The van der Waals surface area contributed by atoms with Crippen molar-refractivity contribution < 1.29 is 0 Å². The topological polar surface area (TPSA) is 13.0 Å². The zero-order chi connectivity index (χ0) is 25.9. The number of hydrogen-bond acceptors (Lipinski definition) is 4. The van der Waals surface area contributed by atoms with Gasteiger partial charge in [-0.3, -0.25) is 0 Å². The molecule has 4 nitrogen and oxygen atoms in total. The van der Waals surface area contributed by atoms with Gasteiger partial charge in [0.15, 0.2) is 0 Å². The first kappa shape index (κ1) is 25.4. The van der Waals surface area contributed by atoms with Gasteiger partial charge in [-0.15, -0.1) is 0 Å². The van der Waals surface area contributed by atoms with Gasteiger partial charge >= 0.3 is 0 Å². The fourth-order valence-corrected chi connectivity index (χ4v) is 5.67. The number of halogens is 1. The van der Waals surface area contributed by atoms with Gasteiger partial charge in [0, 0.05) is 54.7 Å². The second-order valence-corrected chi connectivity index (χ2v) is 10.7. The van der Waals surface area contributed by atoms with Crippen LogP contribution < -0.4 is 9.80 Å². The lowest BCUT2D eigenvalue weighted by Crippen LogP contribution is -2.40. The summed E-state index contributed by atoms with van der Waals surface area (Å²) in [5.41, 5.74) is 8.12. The first-order valence-electron chi connectivity index (χ1n) is 13.2. The van der Waals surface area contributed by atoms with Crippen LogP contribution in [0.3, 0.4) is 0 Å². The van der Waals surface area contributed by atoms with E-state index >= 15 is 0 Å². The van der Waals surface area contributed by atoms with Crippen LogP contribution in [0, 0.1) is 6.92 Å². The van der Waals surface area contributed by atoms with Crippen molar-refractivity contribution in [1.82, 2.24) is 9.80 Å². The third-order valence-electron chi connectivity index (χ3n) is 7.46. The molecule has 0 bridgehead atoms. The number of benzene rings is 2. The number of aryl methyl sites for hydroxylation is 1. The van der Waals surface area contributed by atoms with Gasteiger partial charge in [-0.2, -0.15) is 0 Å². The Bertz CT molecular complexity index is 1290. The average molecular weight is 513 g/mol. The molecule has 0 N–H and O–H groups in total. The van der Waals surface area contributed by atoms with Crippen molar-refractivity contribution in [3.05, 3.63) is 113 Å². The molecule has 0 spiro atoms. The van der Waals surface area contributed by atoms with Crippen molar-refractivity contribution in [1.29, 1.82) is 0 Å². The Morgan fingerprint density at radius 1 is 0.919 bits per heavy atom. The number of allylic oxidation sites excluding steroid dienone is 4. The molecule has 0 aromatic heterocycles. The van der Waals surface area contributed by atoms with Crippen LogP contribution in [0.1, 0.15) is 29.5 Å². The van der Waals surface area contributed by atoms with Crippen molar-refractivity contribution in [2.45, 2.75) is 26.3 Å². The Morgan fingerprint density at radius 2 is 1.76 bits per heavy atom. The standard InChI is InChI=1S/C32H37ClN4/c1-24-11-9-14-28(19-24)23-36-25(2)32-30(35-16-10-15-34(4)17-18-35)20-29(33)21-31(32)37(26(36)3)22-27-12-7-5-6-8-13-27/h5,7-9,11-14,19-21H,2-3,6,10,15-18,22-23H2,1,4H3. The predicted molar refractivity (Wildman–Crippen MR) is 159 cm³/mol. The molecule has 5 heteroatoms. The van der Waals surface area contributed by atoms with Gasteiger partial charge in [-0.25, -0.2) is 0 Å². The average Bonchev–Trinajstić information content (AvgIpc) is 3.26. The number of likely N-dealkylation sites (N-methyl/N-ethyl adjacent to an activating group) is 1. The number of hydrogen-bond donors (Lipinski definition) is 0. The molecule has 2 aliphatic heterocycles. The molecule has 2 heterocycles. The molecule has 0 unspecified atom stereocenters. The maximum Gasteiger partial charge on any atom is 0.106 e. The van der Waals surface area contributed by atoms with Crippen LogP contribution in [-0.4, -0.2) is 49.6 Å². The first-order chi connectivity index (χ1) is 17.9. The van der Waals surface area contributed by atoms with Crippen LogP contribution in [0.2, 0.25) is 5.02 Å². The fraction of sp³-hybridized carbons (Fsp3) is 0.312. The largest absolute Gasteiger partial charge is 0.370 e. The van der Waals surface area contributed by atoms with Crippen LogP contribution in [0.5, 0.6) is 0 Å². The van der Waals surface area contributed by atoms with Crippen molar-refractivity contribution >= 4 is 28.7 Å². The van der Waals surface area contributed by atoms with Gasteiger partial charge in [0.25, 0.3) is 0 Å². The van der Waals surface area contributed by atoms with Crippen molar-refractivity contribution in [3.63, 3.8) is 0 Å². The molecule has 2 aromatic carbocycles. The second-order valence-electron chi connectivity index (χ2n) is 10.3. The summed E-state index contributed by atoms with van der Waals surface area (Å²) >= 11 is 6.81. The smallest absolute Gasteiger partial charge is 0.106 e. The van der Waals surface area contributed by atoms with E-state index in [9.17, 15) is 0 Å². The van der Waals surface area contributed by atoms with Gasteiger partial charge in [0.05, 0.1) is 5.69 Å². The van der Waals surface area contributed by atoms with Crippen LogP contribution in [0.4, 0.5) is 11.4 Å². The number of anilines is 2. The number of rotatable bonds is 5. The summed E-state index contributed by atoms with van der Waals surface area (Å²) in [6.07, 6.45) is 13.0. The quantitative estimate of drug-likeness (QED) is 0.427. The van der Waals surface area contributed by atoms with E-state index in [-0.39, 0.29) is 0 Å². The Kier molecular flexibility index (Phi) is 7.59. The predicted octanol–water partition coefficient (Wildman–Crippen LogP) is 7.00. The maximum atomic E-state index is 6.81. The number of nitrogens with zero attached hydrogens (tertiary/aromatic N) is 4. The molecular formula is C32H37ClN4. The Balaban J connectivity index is 1.60. The minimum Gasteiger partial charge on any atom is -0.370 e. The third kappa shape index (κ3) is 5.56. The second kappa shape index (κ2) is 11.0. The van der Waals surface area contributed by atoms with Gasteiger partial charge < -0.3 is 19.6 Å². The molecular weight excluding hydrogens is 476 g/mol. The summed E-state index contributed by atoms with van der Waals surface area (Å²) in [6.45, 7) is 16.9. The molecule has 37 heavy (non-hydrogen) atoms. The van der Waals surface area contributed by atoms with Crippen LogP contribution >= 0.6 is 11.6 Å². The molecule has 5 rings (SSSR count). The summed E-state index contributed by atoms with van der Waals surface area (Å²) < 4.78 is 0. The third-order valence-corrected chi connectivity index (χ3v) is 7.68. The Morgan fingerprint density at radius 3 is 2.59 bits per heavy atom. The highest BCUT2D eigenvalue weighted by atomic mass is 35.5. The van der Waals surface area contributed by atoms with Crippen molar-refractivity contribution in [2.24, 2.45) is 0 Å². The SMILES string of the molecule is C=C1c2c(N3CCCN(C)CC3)cc(Cl)cc2N(CC2=CC=CCC=C2)C(=C)N1Cc1cccc(C)c1. The Hall–Kier alpha value is -3.21. The van der Waals surface area contributed by atoms with E-state index < -0.39 is 0 Å². The minimum absolute atomic E-state index is 0.715. The fourth-order valence-electron chi connectivity index (χ4n) is 5.47. The van der Waals surface area contributed by atoms with E-state index in [4.69, 9.17) is 11.6 Å². The summed E-state index contributed by atoms with van der Waals surface area (Å²) in [4.78, 5) is 9.48. The van der Waals surface area contributed by atoms with Crippen LogP contribution in [0.15, 0.2) is 91.3 Å².